The quantitative estimate of drug-likeness (QED) is 0.247. The molecule has 11 heteroatoms. The van der Waals surface area contributed by atoms with Crippen LogP contribution in [0.15, 0.2) is 77.7 Å². The van der Waals surface area contributed by atoms with Gasteiger partial charge in [-0.1, -0.05) is 85.0 Å². The SMILES string of the molecule is CC[C@@H](C)NC(=O)[C@@H](CC)N(Cc1ccc(Cl)c(Cl)c1)C(=O)CN(c1ccccc1Cl)S(=O)(=O)c1ccccc1. The molecule has 0 aromatic heterocycles. The van der Waals surface area contributed by atoms with Gasteiger partial charge in [-0.05, 0) is 61.7 Å². The van der Waals surface area contributed by atoms with Gasteiger partial charge in [0.15, 0.2) is 0 Å². The van der Waals surface area contributed by atoms with Gasteiger partial charge in [-0.3, -0.25) is 13.9 Å². The Labute approximate surface area is 251 Å². The van der Waals surface area contributed by atoms with Crippen LogP contribution in [0.25, 0.3) is 0 Å². The van der Waals surface area contributed by atoms with E-state index < -0.39 is 28.5 Å². The van der Waals surface area contributed by atoms with Crippen LogP contribution < -0.4 is 9.62 Å². The van der Waals surface area contributed by atoms with E-state index in [0.717, 1.165) is 4.31 Å². The summed E-state index contributed by atoms with van der Waals surface area (Å²) in [5.41, 5.74) is 0.778. The number of carbonyl (C=O) groups excluding carboxylic acids is 2. The molecule has 0 bridgehead atoms. The Hall–Kier alpha value is -2.78. The number of para-hydroxylation sites is 1. The molecule has 7 nitrogen and oxygen atoms in total. The molecular weight excluding hydrogens is 593 g/mol. The standard InChI is InChI=1S/C29H32Cl3N3O4S/c1-4-20(3)33-29(37)26(5-2)34(18-21-15-16-23(30)25(32)17-21)28(36)19-35(27-14-10-9-13-24(27)31)40(38,39)22-11-7-6-8-12-22/h6-17,20,26H,4-5,18-19H2,1-3H3,(H,33,37)/t20-,26-/m1/s1. The maximum absolute atomic E-state index is 14.1. The number of anilines is 1. The van der Waals surface area contributed by atoms with Crippen molar-refractivity contribution in [1.29, 1.82) is 0 Å². The van der Waals surface area contributed by atoms with Crippen LogP contribution in [0.3, 0.4) is 0 Å². The molecule has 1 N–H and O–H groups in total. The molecule has 0 fully saturated rings. The molecule has 3 aromatic carbocycles. The van der Waals surface area contributed by atoms with E-state index in [1.165, 1.54) is 23.1 Å². The molecule has 0 radical (unpaired) electrons. The molecule has 0 saturated carbocycles. The van der Waals surface area contributed by atoms with E-state index in [-0.39, 0.29) is 34.1 Å². The molecule has 3 aromatic rings. The van der Waals surface area contributed by atoms with Crippen LogP contribution >= 0.6 is 34.8 Å². The molecule has 3 rings (SSSR count). The second-order valence-electron chi connectivity index (χ2n) is 9.29. The van der Waals surface area contributed by atoms with E-state index in [2.05, 4.69) is 5.32 Å². The monoisotopic (exact) mass is 623 g/mol. The van der Waals surface area contributed by atoms with Crippen molar-refractivity contribution in [3.63, 3.8) is 0 Å². The lowest BCUT2D eigenvalue weighted by atomic mass is 10.1. The van der Waals surface area contributed by atoms with Crippen molar-refractivity contribution in [3.8, 4) is 0 Å². The predicted octanol–water partition coefficient (Wildman–Crippen LogP) is 6.56. The van der Waals surface area contributed by atoms with Crippen molar-refractivity contribution in [2.45, 2.75) is 57.1 Å². The van der Waals surface area contributed by atoms with E-state index in [9.17, 15) is 18.0 Å². The number of nitrogens with zero attached hydrogens (tertiary/aromatic N) is 2. The highest BCUT2D eigenvalue weighted by molar-refractivity contribution is 7.92. The van der Waals surface area contributed by atoms with Crippen LogP contribution in [-0.4, -0.2) is 43.8 Å². The Balaban J connectivity index is 2.07. The molecule has 0 spiro atoms. The van der Waals surface area contributed by atoms with E-state index in [1.807, 2.05) is 13.8 Å². The summed E-state index contributed by atoms with van der Waals surface area (Å²) in [7, 11) is -4.20. The summed E-state index contributed by atoms with van der Waals surface area (Å²) < 4.78 is 28.6. The highest BCUT2D eigenvalue weighted by Gasteiger charge is 2.34. The van der Waals surface area contributed by atoms with Gasteiger partial charge in [0.05, 0.1) is 25.7 Å². The molecule has 0 aliphatic heterocycles. The normalized spacial score (nSPS) is 12.8. The largest absolute Gasteiger partial charge is 0.352 e. The number of sulfonamides is 1. The Morgan fingerprint density at radius 2 is 1.50 bits per heavy atom. The van der Waals surface area contributed by atoms with Gasteiger partial charge in [-0.2, -0.15) is 0 Å². The summed E-state index contributed by atoms with van der Waals surface area (Å²) in [6.07, 6.45) is 1.01. The Kier molecular flexibility index (Phi) is 11.3. The number of nitrogens with one attached hydrogen (secondary N) is 1. The fraction of sp³-hybridized carbons (Fsp3) is 0.310. The molecular formula is C29H32Cl3N3O4S. The Morgan fingerprint density at radius 1 is 0.850 bits per heavy atom. The number of hydrogen-bond donors (Lipinski definition) is 1. The van der Waals surface area contributed by atoms with Crippen molar-refractivity contribution < 1.29 is 18.0 Å². The van der Waals surface area contributed by atoms with Crippen molar-refractivity contribution in [2.75, 3.05) is 10.8 Å². The molecule has 0 saturated heterocycles. The van der Waals surface area contributed by atoms with Crippen LogP contribution in [-0.2, 0) is 26.2 Å². The molecule has 40 heavy (non-hydrogen) atoms. The average molecular weight is 625 g/mol. The predicted molar refractivity (Wildman–Crippen MR) is 161 cm³/mol. The summed E-state index contributed by atoms with van der Waals surface area (Å²) in [6, 6.07) is 18.2. The molecule has 0 heterocycles. The summed E-state index contributed by atoms with van der Waals surface area (Å²) >= 11 is 18.8. The summed E-state index contributed by atoms with van der Waals surface area (Å²) in [5.74, 6) is -0.919. The number of benzene rings is 3. The number of carbonyl (C=O) groups is 2. The van der Waals surface area contributed by atoms with Crippen molar-refractivity contribution >= 4 is 62.3 Å². The van der Waals surface area contributed by atoms with Crippen LogP contribution in [0.5, 0.6) is 0 Å². The summed E-state index contributed by atoms with van der Waals surface area (Å²) in [4.78, 5) is 28.8. The van der Waals surface area contributed by atoms with Crippen molar-refractivity contribution in [2.24, 2.45) is 0 Å². The number of amides is 2. The number of halogens is 3. The second kappa shape index (κ2) is 14.2. The minimum atomic E-state index is -4.20. The zero-order valence-electron chi connectivity index (χ0n) is 22.5. The molecule has 0 aliphatic carbocycles. The molecule has 2 amide bonds. The van der Waals surface area contributed by atoms with Crippen molar-refractivity contribution in [1.82, 2.24) is 10.2 Å². The maximum Gasteiger partial charge on any atom is 0.264 e. The van der Waals surface area contributed by atoms with E-state index in [0.29, 0.717) is 28.5 Å². The zero-order chi connectivity index (χ0) is 29.4. The third kappa shape index (κ3) is 7.69. The van der Waals surface area contributed by atoms with Gasteiger partial charge in [0, 0.05) is 12.6 Å². The third-order valence-corrected chi connectivity index (χ3v) is 9.29. The van der Waals surface area contributed by atoms with Gasteiger partial charge >= 0.3 is 0 Å². The Morgan fingerprint density at radius 3 is 2.10 bits per heavy atom. The summed E-state index contributed by atoms with van der Waals surface area (Å²) in [5, 5.41) is 3.75. The first-order chi connectivity index (χ1) is 19.0. The number of rotatable bonds is 12. The first kappa shape index (κ1) is 31.7. The van der Waals surface area contributed by atoms with Gasteiger partial charge in [0.1, 0.15) is 12.6 Å². The molecule has 0 aliphatic rings. The summed E-state index contributed by atoms with van der Waals surface area (Å²) in [6.45, 7) is 5.03. The van der Waals surface area contributed by atoms with E-state index in [1.54, 1.807) is 61.5 Å². The van der Waals surface area contributed by atoms with E-state index >= 15 is 0 Å². The minimum Gasteiger partial charge on any atom is -0.352 e. The van der Waals surface area contributed by atoms with Crippen LogP contribution in [0.2, 0.25) is 15.1 Å². The minimum absolute atomic E-state index is 0.000285. The lowest BCUT2D eigenvalue weighted by Gasteiger charge is -2.34. The third-order valence-electron chi connectivity index (χ3n) is 6.46. The van der Waals surface area contributed by atoms with Crippen LogP contribution in [0.4, 0.5) is 5.69 Å². The van der Waals surface area contributed by atoms with Crippen LogP contribution in [0.1, 0.15) is 39.2 Å². The first-order valence-electron chi connectivity index (χ1n) is 12.9. The van der Waals surface area contributed by atoms with Crippen molar-refractivity contribution in [3.05, 3.63) is 93.4 Å². The topological polar surface area (TPSA) is 86.8 Å². The highest BCUT2D eigenvalue weighted by Crippen LogP contribution is 2.31. The average Bonchev–Trinajstić information content (AvgIpc) is 2.94. The molecule has 0 unspecified atom stereocenters. The van der Waals surface area contributed by atoms with Crippen LogP contribution in [0, 0.1) is 0 Å². The van der Waals surface area contributed by atoms with Gasteiger partial charge in [0.2, 0.25) is 11.8 Å². The fourth-order valence-corrected chi connectivity index (χ4v) is 6.14. The molecule has 2 atom stereocenters. The maximum atomic E-state index is 14.1. The van der Waals surface area contributed by atoms with Gasteiger partial charge in [0.25, 0.3) is 10.0 Å². The lowest BCUT2D eigenvalue weighted by molar-refractivity contribution is -0.140. The fourth-order valence-electron chi connectivity index (χ4n) is 4.08. The zero-order valence-corrected chi connectivity index (χ0v) is 25.6. The Bertz CT molecular complexity index is 1440. The molecule has 214 valence electrons. The second-order valence-corrected chi connectivity index (χ2v) is 12.4. The van der Waals surface area contributed by atoms with E-state index in [4.69, 9.17) is 34.8 Å². The van der Waals surface area contributed by atoms with Gasteiger partial charge < -0.3 is 10.2 Å². The highest BCUT2D eigenvalue weighted by atomic mass is 35.5. The van der Waals surface area contributed by atoms with Gasteiger partial charge in [-0.25, -0.2) is 8.42 Å². The lowest BCUT2D eigenvalue weighted by Crippen LogP contribution is -2.53. The first-order valence-corrected chi connectivity index (χ1v) is 15.4. The smallest absolute Gasteiger partial charge is 0.264 e. The van der Waals surface area contributed by atoms with Gasteiger partial charge in [-0.15, -0.1) is 0 Å². The number of hydrogen-bond acceptors (Lipinski definition) is 4.